The van der Waals surface area contributed by atoms with Crippen molar-refractivity contribution in [2.45, 2.75) is 431 Å². The molecule has 0 saturated carbocycles. The number of likely N-dealkylation sites (N-methyl/N-ethyl adjacent to an activating group) is 1. The Morgan fingerprint density at radius 1 is 0.327 bits per heavy atom. The maximum atomic E-state index is 12.9. The lowest BCUT2D eigenvalue weighted by Crippen LogP contribution is -2.37. The van der Waals surface area contributed by atoms with Crippen LogP contribution in [0.25, 0.3) is 0 Å². The van der Waals surface area contributed by atoms with Gasteiger partial charge < -0.3 is 18.9 Å². The van der Waals surface area contributed by atoms with Crippen molar-refractivity contribution in [3.05, 3.63) is 72.9 Å². The van der Waals surface area contributed by atoms with Crippen LogP contribution in [0.5, 0.6) is 0 Å². The van der Waals surface area contributed by atoms with Crippen molar-refractivity contribution in [1.29, 1.82) is 0 Å². The maximum absolute atomic E-state index is 12.9. The SMILES string of the molecule is CC/C=C\C/C=C\C/C=C\C/C=C\C/C=C\C/C=C\CCCCCCCCCCCCCCCCCCCCCCCCC(=O)OC(COC(=O)CCCCCCCCCCCCCCCCCCCCCCCCCCCCCCCCCCC)COP(=O)(O)OCC[N+](C)(C)C. The highest BCUT2D eigenvalue weighted by molar-refractivity contribution is 7.47. The molecule has 0 heterocycles. The van der Waals surface area contributed by atoms with E-state index in [-0.39, 0.29) is 25.6 Å². The lowest BCUT2D eigenvalue weighted by atomic mass is 10.0. The highest BCUT2D eigenvalue weighted by atomic mass is 31.2. The van der Waals surface area contributed by atoms with Gasteiger partial charge >= 0.3 is 19.8 Å². The van der Waals surface area contributed by atoms with Gasteiger partial charge in [0.15, 0.2) is 6.10 Å². The van der Waals surface area contributed by atoms with Gasteiger partial charge in [0.1, 0.15) is 19.8 Å². The predicted molar refractivity (Wildman–Crippen MR) is 427 cm³/mol. The molecule has 0 rings (SSSR count). The first-order chi connectivity index (χ1) is 48.0. The number of nitrogens with zero attached hydrogens (tertiary/aromatic N) is 1. The van der Waals surface area contributed by atoms with Gasteiger partial charge in [-0.2, -0.15) is 0 Å². The summed E-state index contributed by atoms with van der Waals surface area (Å²) >= 11 is 0. The van der Waals surface area contributed by atoms with E-state index >= 15 is 0 Å². The van der Waals surface area contributed by atoms with Gasteiger partial charge in [0.05, 0.1) is 27.7 Å². The van der Waals surface area contributed by atoms with Crippen LogP contribution >= 0.6 is 7.82 Å². The fourth-order valence-electron chi connectivity index (χ4n) is 12.8. The Kier molecular flexibility index (Phi) is 76.5. The summed E-state index contributed by atoms with van der Waals surface area (Å²) in [7, 11) is 1.50. The lowest BCUT2D eigenvalue weighted by molar-refractivity contribution is -0.870. The van der Waals surface area contributed by atoms with Crippen molar-refractivity contribution in [1.82, 2.24) is 0 Å². The normalized spacial score (nSPS) is 13.3. The molecule has 98 heavy (non-hydrogen) atoms. The molecule has 2 unspecified atom stereocenters. The smallest absolute Gasteiger partial charge is 0.462 e. The molecule has 1 N–H and O–H groups in total. The Hall–Kier alpha value is -2.55. The number of phosphoric ester groups is 1. The molecule has 0 aromatic rings. The van der Waals surface area contributed by atoms with Crippen molar-refractivity contribution >= 4 is 19.8 Å². The maximum Gasteiger partial charge on any atom is 0.472 e. The van der Waals surface area contributed by atoms with E-state index in [4.69, 9.17) is 18.5 Å². The number of hydrogen-bond acceptors (Lipinski definition) is 7. The van der Waals surface area contributed by atoms with E-state index in [9.17, 15) is 19.0 Å². The Labute approximate surface area is 609 Å². The zero-order valence-electron chi connectivity index (χ0n) is 65.8. The molecule has 0 spiro atoms. The molecule has 0 fully saturated rings. The van der Waals surface area contributed by atoms with Gasteiger partial charge in [-0.15, -0.1) is 0 Å². The van der Waals surface area contributed by atoms with E-state index in [1.54, 1.807) is 0 Å². The van der Waals surface area contributed by atoms with Gasteiger partial charge in [0.25, 0.3) is 0 Å². The van der Waals surface area contributed by atoms with E-state index in [1.165, 1.54) is 321 Å². The van der Waals surface area contributed by atoms with Crippen LogP contribution in [0.3, 0.4) is 0 Å². The van der Waals surface area contributed by atoms with Gasteiger partial charge in [-0.1, -0.05) is 421 Å². The molecule has 0 aliphatic rings. The molecule has 0 saturated heterocycles. The van der Waals surface area contributed by atoms with Crippen molar-refractivity contribution < 1.29 is 42.1 Å². The van der Waals surface area contributed by atoms with Crippen LogP contribution in [0.1, 0.15) is 425 Å². The number of carbonyl (C=O) groups is 2. The van der Waals surface area contributed by atoms with Crippen LogP contribution in [0, 0.1) is 0 Å². The third-order valence-electron chi connectivity index (χ3n) is 19.3. The number of quaternary nitrogens is 1. The number of ether oxygens (including phenoxy) is 2. The molecule has 2 atom stereocenters. The quantitative estimate of drug-likeness (QED) is 0.0211. The first-order valence-corrected chi connectivity index (χ1v) is 44.2. The standard InChI is InChI=1S/C88H164NO8P/c1-6-8-10-12-14-16-18-20-22-24-26-28-30-32-34-36-38-40-41-42-43-44-45-46-47-49-51-53-55-57-59-61-63-65-67-69-71-73-75-77-79-81-88(91)97-86(85-96-98(92,93)95-83-82-89(3,4)5)84-94-87(90)80-78-76-74-72-70-68-66-64-62-60-58-56-54-52-50-48-39-37-35-33-31-29-27-25-23-21-19-17-15-13-11-9-7-2/h8,10,14,16,20,22,26,28,32,34,38,40,86H,6-7,9,11-13,15,17-19,21,23-25,27,29-31,33,35-37,39,41-85H2,1-5H3/p+1/b10-8-,16-14-,22-20-,28-26-,34-32-,40-38-. The highest BCUT2D eigenvalue weighted by Gasteiger charge is 2.27. The average molecular weight is 1400 g/mol. The molecule has 0 aromatic heterocycles. The van der Waals surface area contributed by atoms with Crippen LogP contribution in [-0.2, 0) is 32.7 Å². The van der Waals surface area contributed by atoms with Crippen LogP contribution < -0.4 is 0 Å². The molecular formula is C88H165NO8P+. The van der Waals surface area contributed by atoms with Crippen molar-refractivity contribution in [3.8, 4) is 0 Å². The first kappa shape index (κ1) is 95.5. The number of allylic oxidation sites excluding steroid dienone is 12. The van der Waals surface area contributed by atoms with E-state index in [2.05, 4.69) is 86.8 Å². The zero-order chi connectivity index (χ0) is 71.1. The number of carbonyl (C=O) groups excluding carboxylic acids is 2. The van der Waals surface area contributed by atoms with Gasteiger partial charge in [0.2, 0.25) is 0 Å². The molecule has 574 valence electrons. The molecule has 0 aliphatic heterocycles. The van der Waals surface area contributed by atoms with Gasteiger partial charge in [0, 0.05) is 12.8 Å². The second-order valence-electron chi connectivity index (χ2n) is 30.2. The zero-order valence-corrected chi connectivity index (χ0v) is 66.7. The minimum atomic E-state index is -4.40. The number of phosphoric acid groups is 1. The largest absolute Gasteiger partial charge is 0.472 e. The highest BCUT2D eigenvalue weighted by Crippen LogP contribution is 2.43. The second kappa shape index (κ2) is 78.6. The number of rotatable bonds is 80. The molecule has 9 nitrogen and oxygen atoms in total. The monoisotopic (exact) mass is 1400 g/mol. The Bertz CT molecular complexity index is 1890. The number of hydrogen-bond donors (Lipinski definition) is 1. The summed E-state index contributed by atoms with van der Waals surface area (Å²) in [5.41, 5.74) is 0. The third kappa shape index (κ3) is 82.4. The second-order valence-corrected chi connectivity index (χ2v) is 31.7. The van der Waals surface area contributed by atoms with Crippen LogP contribution in [0.4, 0.5) is 0 Å². The van der Waals surface area contributed by atoms with E-state index in [0.29, 0.717) is 23.9 Å². The summed E-state index contributed by atoms with van der Waals surface area (Å²) in [4.78, 5) is 36.0. The van der Waals surface area contributed by atoms with E-state index in [0.717, 1.165) is 70.6 Å². The Morgan fingerprint density at radius 2 is 0.582 bits per heavy atom. The van der Waals surface area contributed by atoms with E-state index < -0.39 is 26.5 Å². The van der Waals surface area contributed by atoms with Crippen LogP contribution in [-0.4, -0.2) is 74.9 Å². The summed E-state index contributed by atoms with van der Waals surface area (Å²) in [6.07, 6.45) is 108. The van der Waals surface area contributed by atoms with Crippen molar-refractivity contribution in [3.63, 3.8) is 0 Å². The minimum Gasteiger partial charge on any atom is -0.462 e. The van der Waals surface area contributed by atoms with E-state index in [1.807, 2.05) is 21.1 Å². The summed E-state index contributed by atoms with van der Waals surface area (Å²) in [6.45, 7) is 4.40. The molecular weight excluding hydrogens is 1230 g/mol. The molecule has 0 aromatic carbocycles. The molecule has 10 heteroatoms. The minimum absolute atomic E-state index is 0.0342. The molecule has 0 amide bonds. The first-order valence-electron chi connectivity index (χ1n) is 42.7. The molecule has 0 bridgehead atoms. The topological polar surface area (TPSA) is 108 Å². The Balaban J connectivity index is 3.88. The molecule has 0 radical (unpaired) electrons. The summed E-state index contributed by atoms with van der Waals surface area (Å²) in [5, 5.41) is 0. The predicted octanol–water partition coefficient (Wildman–Crippen LogP) is 28.6. The average Bonchev–Trinajstić information content (AvgIpc) is 1.08. The van der Waals surface area contributed by atoms with Crippen molar-refractivity contribution in [2.75, 3.05) is 47.5 Å². The fraction of sp³-hybridized carbons (Fsp3) is 0.841. The van der Waals surface area contributed by atoms with Crippen molar-refractivity contribution in [2.24, 2.45) is 0 Å². The van der Waals surface area contributed by atoms with Gasteiger partial charge in [-0.3, -0.25) is 18.6 Å². The number of unbranched alkanes of at least 4 members (excludes halogenated alkanes) is 54. The summed E-state index contributed by atoms with van der Waals surface area (Å²) < 4.78 is 34.9. The summed E-state index contributed by atoms with van der Waals surface area (Å²) in [5.74, 6) is -0.772. The van der Waals surface area contributed by atoms with Crippen LogP contribution in [0.15, 0.2) is 72.9 Å². The fourth-order valence-corrected chi connectivity index (χ4v) is 13.5. The lowest BCUT2D eigenvalue weighted by Gasteiger charge is -2.24. The Morgan fingerprint density at radius 3 is 0.867 bits per heavy atom. The van der Waals surface area contributed by atoms with Gasteiger partial charge in [-0.05, 0) is 64.2 Å². The number of esters is 2. The summed E-state index contributed by atoms with van der Waals surface area (Å²) in [6, 6.07) is 0. The van der Waals surface area contributed by atoms with Crippen LogP contribution in [0.2, 0.25) is 0 Å². The third-order valence-corrected chi connectivity index (χ3v) is 20.2. The molecule has 0 aliphatic carbocycles. The van der Waals surface area contributed by atoms with Gasteiger partial charge in [-0.25, -0.2) is 4.57 Å².